The fourth-order valence-corrected chi connectivity index (χ4v) is 3.78. The van der Waals surface area contributed by atoms with Crippen molar-refractivity contribution in [2.75, 3.05) is 13.1 Å². The fourth-order valence-electron chi connectivity index (χ4n) is 3.78. The van der Waals surface area contributed by atoms with E-state index in [2.05, 4.69) is 41.1 Å². The van der Waals surface area contributed by atoms with Crippen LogP contribution in [0.4, 0.5) is 0 Å². The number of H-pyrrole nitrogens is 1. The Hall–Kier alpha value is -2.59. The van der Waals surface area contributed by atoms with Gasteiger partial charge in [0.1, 0.15) is 11.9 Å². The van der Waals surface area contributed by atoms with Crippen molar-refractivity contribution < 1.29 is 4.74 Å². The van der Waals surface area contributed by atoms with E-state index in [0.717, 1.165) is 54.6 Å². The lowest BCUT2D eigenvalue weighted by Gasteiger charge is -2.32. The van der Waals surface area contributed by atoms with E-state index in [9.17, 15) is 4.79 Å². The van der Waals surface area contributed by atoms with Gasteiger partial charge in [-0.05, 0) is 61.4 Å². The van der Waals surface area contributed by atoms with Gasteiger partial charge in [0.25, 0.3) is 5.56 Å². The molecule has 1 N–H and O–H groups in total. The van der Waals surface area contributed by atoms with Gasteiger partial charge in [-0.25, -0.2) is 0 Å². The molecule has 0 aliphatic carbocycles. The Morgan fingerprint density at radius 1 is 1.04 bits per heavy atom. The smallest absolute Gasteiger partial charge is 0.255 e. The molecule has 1 aromatic heterocycles. The van der Waals surface area contributed by atoms with E-state index in [1.54, 1.807) is 6.20 Å². The van der Waals surface area contributed by atoms with Gasteiger partial charge in [-0.2, -0.15) is 0 Å². The van der Waals surface area contributed by atoms with Crippen LogP contribution in [0.2, 0.25) is 0 Å². The van der Waals surface area contributed by atoms with Crippen molar-refractivity contribution in [1.29, 1.82) is 0 Å². The topological polar surface area (TPSA) is 45.3 Å². The second-order valence-corrected chi connectivity index (χ2v) is 7.59. The summed E-state index contributed by atoms with van der Waals surface area (Å²) in [4.78, 5) is 17.2. The van der Waals surface area contributed by atoms with Crippen LogP contribution in [0.3, 0.4) is 0 Å². The highest BCUT2D eigenvalue weighted by Crippen LogP contribution is 2.24. The number of piperidine rings is 1. The molecule has 0 unspecified atom stereocenters. The van der Waals surface area contributed by atoms with E-state index >= 15 is 0 Å². The number of hydrogen-bond acceptors (Lipinski definition) is 3. The lowest BCUT2D eigenvalue weighted by Crippen LogP contribution is -2.37. The molecule has 0 spiro atoms. The molecule has 3 aromatic rings. The Bertz CT molecular complexity index is 983. The molecule has 0 atom stereocenters. The Morgan fingerprint density at radius 2 is 1.78 bits per heavy atom. The first-order valence-corrected chi connectivity index (χ1v) is 9.65. The van der Waals surface area contributed by atoms with Crippen molar-refractivity contribution in [2.24, 2.45) is 0 Å². The number of nitrogens with one attached hydrogen (secondary N) is 1. The Balaban J connectivity index is 1.38. The Labute approximate surface area is 159 Å². The molecule has 2 aromatic carbocycles. The quantitative estimate of drug-likeness (QED) is 0.757. The van der Waals surface area contributed by atoms with Gasteiger partial charge in [-0.15, -0.1) is 0 Å². The zero-order chi connectivity index (χ0) is 18.8. The van der Waals surface area contributed by atoms with Crippen LogP contribution in [0.5, 0.6) is 5.75 Å². The maximum absolute atomic E-state index is 11.9. The third-order valence-electron chi connectivity index (χ3n) is 5.44. The highest BCUT2D eigenvalue weighted by Gasteiger charge is 2.20. The van der Waals surface area contributed by atoms with E-state index in [1.165, 1.54) is 11.1 Å². The summed E-state index contributed by atoms with van der Waals surface area (Å²) >= 11 is 0. The number of fused-ring (bicyclic) bond motifs is 1. The van der Waals surface area contributed by atoms with Crippen molar-refractivity contribution in [2.45, 2.75) is 39.3 Å². The average molecular weight is 362 g/mol. The van der Waals surface area contributed by atoms with Gasteiger partial charge in [0.05, 0.1) is 0 Å². The molecular formula is C23H26N2O2. The van der Waals surface area contributed by atoms with Crippen LogP contribution in [0.1, 0.15) is 29.5 Å². The summed E-state index contributed by atoms with van der Waals surface area (Å²) in [5, 5.41) is 1.68. The maximum Gasteiger partial charge on any atom is 0.255 e. The Morgan fingerprint density at radius 3 is 2.52 bits per heavy atom. The highest BCUT2D eigenvalue weighted by molar-refractivity contribution is 5.85. The number of ether oxygens (including phenoxy) is 1. The van der Waals surface area contributed by atoms with Crippen LogP contribution in [0.15, 0.2) is 53.5 Å². The lowest BCUT2D eigenvalue weighted by atomic mass is 10.1. The van der Waals surface area contributed by atoms with Crippen LogP contribution in [0, 0.1) is 13.8 Å². The van der Waals surface area contributed by atoms with Gasteiger partial charge in [0.15, 0.2) is 0 Å². The normalized spacial score (nSPS) is 15.9. The van der Waals surface area contributed by atoms with E-state index in [4.69, 9.17) is 4.74 Å². The zero-order valence-electron chi connectivity index (χ0n) is 16.0. The number of likely N-dealkylation sites (tertiary alicyclic amines) is 1. The third-order valence-corrected chi connectivity index (χ3v) is 5.44. The number of benzene rings is 2. The number of hydrogen-bond donors (Lipinski definition) is 1. The first-order chi connectivity index (χ1) is 13.1. The number of aromatic amines is 1. The van der Waals surface area contributed by atoms with Crippen LogP contribution >= 0.6 is 0 Å². The molecule has 27 heavy (non-hydrogen) atoms. The minimum absolute atomic E-state index is 0.0495. The molecule has 1 aliphatic heterocycles. The second-order valence-electron chi connectivity index (χ2n) is 7.59. The van der Waals surface area contributed by atoms with Crippen molar-refractivity contribution in [3.63, 3.8) is 0 Å². The molecule has 0 radical (unpaired) electrons. The third kappa shape index (κ3) is 4.06. The van der Waals surface area contributed by atoms with E-state index in [1.807, 2.05) is 25.1 Å². The van der Waals surface area contributed by atoms with Crippen LogP contribution in [-0.4, -0.2) is 29.1 Å². The number of rotatable bonds is 4. The summed E-state index contributed by atoms with van der Waals surface area (Å²) in [5.74, 6) is 0.855. The summed E-state index contributed by atoms with van der Waals surface area (Å²) in [6, 6.07) is 14.6. The Kier molecular flexibility index (Phi) is 4.99. The molecule has 0 bridgehead atoms. The molecule has 1 saturated heterocycles. The minimum Gasteiger partial charge on any atom is -0.490 e. The summed E-state index contributed by atoms with van der Waals surface area (Å²) in [7, 11) is 0. The van der Waals surface area contributed by atoms with Gasteiger partial charge in [-0.3, -0.25) is 9.69 Å². The predicted molar refractivity (Wildman–Crippen MR) is 109 cm³/mol. The summed E-state index contributed by atoms with van der Waals surface area (Å²) in [6.07, 6.45) is 4.05. The molecule has 1 aliphatic rings. The summed E-state index contributed by atoms with van der Waals surface area (Å²) < 4.78 is 6.23. The van der Waals surface area contributed by atoms with Crippen LogP contribution in [0.25, 0.3) is 10.8 Å². The first-order valence-electron chi connectivity index (χ1n) is 9.65. The molecule has 2 heterocycles. The van der Waals surface area contributed by atoms with Crippen LogP contribution < -0.4 is 10.3 Å². The standard InChI is InChI=1S/C23H26N2O2/c1-16-3-5-18(6-4-16)15-25-11-9-19(10-12-25)27-20-7-8-21-22(13-20)17(2)14-24-23(21)26/h3-8,13-14,19H,9-12,15H2,1-2H3,(H,24,26). The van der Waals surface area contributed by atoms with Gasteiger partial charge in [0.2, 0.25) is 0 Å². The number of aromatic nitrogens is 1. The predicted octanol–water partition coefficient (Wildman–Crippen LogP) is 4.19. The largest absolute Gasteiger partial charge is 0.490 e. The molecule has 0 amide bonds. The van der Waals surface area contributed by atoms with E-state index in [-0.39, 0.29) is 11.7 Å². The number of pyridine rings is 1. The van der Waals surface area contributed by atoms with Gasteiger partial charge < -0.3 is 9.72 Å². The first kappa shape index (κ1) is 17.8. The second kappa shape index (κ2) is 7.57. The average Bonchev–Trinajstić information content (AvgIpc) is 2.68. The lowest BCUT2D eigenvalue weighted by molar-refractivity contribution is 0.0969. The molecule has 4 heteroatoms. The number of nitrogens with zero attached hydrogens (tertiary/aromatic N) is 1. The molecule has 1 fully saturated rings. The van der Waals surface area contributed by atoms with Crippen molar-refractivity contribution in [3.8, 4) is 5.75 Å². The van der Waals surface area contributed by atoms with Crippen molar-refractivity contribution in [1.82, 2.24) is 9.88 Å². The minimum atomic E-state index is -0.0495. The number of aryl methyl sites for hydroxylation is 2. The SMILES string of the molecule is Cc1ccc(CN2CCC(Oc3ccc4c(=O)[nH]cc(C)c4c3)CC2)cc1. The van der Waals surface area contributed by atoms with Crippen molar-refractivity contribution in [3.05, 3.63) is 75.7 Å². The maximum atomic E-state index is 11.9. The molecule has 4 rings (SSSR count). The summed E-state index contributed by atoms with van der Waals surface area (Å²) in [5.41, 5.74) is 3.68. The molecule has 140 valence electrons. The zero-order valence-corrected chi connectivity index (χ0v) is 16.0. The highest BCUT2D eigenvalue weighted by atomic mass is 16.5. The fraction of sp³-hybridized carbons (Fsp3) is 0.348. The van der Waals surface area contributed by atoms with E-state index < -0.39 is 0 Å². The van der Waals surface area contributed by atoms with E-state index in [0.29, 0.717) is 0 Å². The summed E-state index contributed by atoms with van der Waals surface area (Å²) in [6.45, 7) is 7.23. The van der Waals surface area contributed by atoms with Gasteiger partial charge in [-0.1, -0.05) is 29.8 Å². The molecular weight excluding hydrogens is 336 g/mol. The molecule has 4 nitrogen and oxygen atoms in total. The van der Waals surface area contributed by atoms with Gasteiger partial charge in [0, 0.05) is 31.2 Å². The monoisotopic (exact) mass is 362 g/mol. The van der Waals surface area contributed by atoms with Gasteiger partial charge >= 0.3 is 0 Å². The van der Waals surface area contributed by atoms with Crippen LogP contribution in [-0.2, 0) is 6.54 Å². The molecule has 0 saturated carbocycles. The van der Waals surface area contributed by atoms with Crippen molar-refractivity contribution >= 4 is 10.8 Å².